The van der Waals surface area contributed by atoms with Gasteiger partial charge in [-0.05, 0) is 43.2 Å². The quantitative estimate of drug-likeness (QED) is 0.549. The summed E-state index contributed by atoms with van der Waals surface area (Å²) in [7, 11) is 3.23. The Bertz CT molecular complexity index is 846. The molecule has 0 spiro atoms. The number of aliphatic imine (C=N–C) groups is 1. The fraction of sp³-hybridized carbons (Fsp3) is 0.429. The number of nitrogens with zero attached hydrogens (tertiary/aromatic N) is 3. The number of rotatable bonds is 7. The summed E-state index contributed by atoms with van der Waals surface area (Å²) in [5.41, 5.74) is 1.02. The molecule has 2 heterocycles. The third-order valence-electron chi connectivity index (χ3n) is 4.78. The second-order valence-corrected chi connectivity index (χ2v) is 6.77. The van der Waals surface area contributed by atoms with Crippen molar-refractivity contribution >= 4 is 11.8 Å². The molecule has 156 valence electrons. The molecule has 0 aliphatic carbocycles. The Labute approximate surface area is 170 Å². The van der Waals surface area contributed by atoms with E-state index in [0.29, 0.717) is 30.4 Å². The highest BCUT2D eigenvalue weighted by Gasteiger charge is 2.25. The molecule has 1 atom stereocenters. The lowest BCUT2D eigenvalue weighted by Crippen LogP contribution is -2.44. The van der Waals surface area contributed by atoms with Gasteiger partial charge in [0.15, 0.2) is 29.1 Å². The third-order valence-corrected chi connectivity index (χ3v) is 4.78. The van der Waals surface area contributed by atoms with Gasteiger partial charge in [0.1, 0.15) is 0 Å². The van der Waals surface area contributed by atoms with Gasteiger partial charge in [-0.3, -0.25) is 0 Å². The Hall–Kier alpha value is -3.03. The third kappa shape index (κ3) is 5.28. The Kier molecular flexibility index (Phi) is 7.10. The number of guanidine groups is 1. The molecule has 29 heavy (non-hydrogen) atoms. The summed E-state index contributed by atoms with van der Waals surface area (Å²) in [6.07, 6.45) is 2.50. The second-order valence-electron chi connectivity index (χ2n) is 6.77. The fourth-order valence-electron chi connectivity index (χ4n) is 3.34. The maximum Gasteiger partial charge on any atom is 0.191 e. The second kappa shape index (κ2) is 9.95. The van der Waals surface area contributed by atoms with Crippen LogP contribution in [0.5, 0.6) is 11.5 Å². The summed E-state index contributed by atoms with van der Waals surface area (Å²) in [6, 6.07) is 8.98. The van der Waals surface area contributed by atoms with Crippen molar-refractivity contribution in [3.8, 4) is 11.5 Å². The van der Waals surface area contributed by atoms with Crippen LogP contribution in [0.15, 0.2) is 41.5 Å². The smallest absolute Gasteiger partial charge is 0.191 e. The molecule has 0 radical (unpaired) electrons. The van der Waals surface area contributed by atoms with Gasteiger partial charge in [-0.15, -0.1) is 0 Å². The lowest BCUT2D eigenvalue weighted by molar-refractivity contribution is 0.354. The van der Waals surface area contributed by atoms with E-state index >= 15 is 0 Å². The zero-order chi connectivity index (χ0) is 20.6. The molecular formula is C21H28FN5O2. The molecule has 1 aromatic carbocycles. The number of ether oxygens (including phenoxy) is 2. The first kappa shape index (κ1) is 20.7. The van der Waals surface area contributed by atoms with Crippen molar-refractivity contribution in [2.24, 2.45) is 4.99 Å². The monoisotopic (exact) mass is 401 g/mol. The van der Waals surface area contributed by atoms with Crippen molar-refractivity contribution in [2.75, 3.05) is 38.8 Å². The summed E-state index contributed by atoms with van der Waals surface area (Å²) in [5.74, 6) is 2.22. The Balaban J connectivity index is 1.64. The molecule has 7 nitrogen and oxygen atoms in total. The molecule has 0 bridgehead atoms. The molecule has 1 saturated heterocycles. The van der Waals surface area contributed by atoms with Crippen LogP contribution in [0, 0.1) is 5.82 Å². The first-order chi connectivity index (χ1) is 14.1. The summed E-state index contributed by atoms with van der Waals surface area (Å²) in [6.45, 7) is 4.71. The van der Waals surface area contributed by atoms with E-state index < -0.39 is 0 Å². The molecule has 0 saturated carbocycles. The Morgan fingerprint density at radius 2 is 2.10 bits per heavy atom. The van der Waals surface area contributed by atoms with E-state index in [4.69, 9.17) is 9.47 Å². The van der Waals surface area contributed by atoms with Gasteiger partial charge in [0.05, 0.1) is 20.8 Å². The zero-order valence-electron chi connectivity index (χ0n) is 17.1. The van der Waals surface area contributed by atoms with Crippen LogP contribution in [-0.2, 0) is 6.54 Å². The highest BCUT2D eigenvalue weighted by Crippen LogP contribution is 2.27. The van der Waals surface area contributed by atoms with Gasteiger partial charge >= 0.3 is 0 Å². The number of hydrogen-bond acceptors (Lipinski definition) is 5. The minimum Gasteiger partial charge on any atom is -0.493 e. The number of benzene rings is 1. The number of nitrogens with one attached hydrogen (secondary N) is 2. The molecule has 0 amide bonds. The summed E-state index contributed by atoms with van der Waals surface area (Å²) in [4.78, 5) is 10.8. The molecular weight excluding hydrogens is 373 g/mol. The van der Waals surface area contributed by atoms with Gasteiger partial charge in [0.25, 0.3) is 0 Å². The highest BCUT2D eigenvalue weighted by atomic mass is 19.1. The highest BCUT2D eigenvalue weighted by molar-refractivity contribution is 5.80. The fourth-order valence-corrected chi connectivity index (χ4v) is 3.34. The number of aromatic nitrogens is 1. The van der Waals surface area contributed by atoms with E-state index in [9.17, 15) is 4.39 Å². The largest absolute Gasteiger partial charge is 0.493 e. The van der Waals surface area contributed by atoms with Crippen LogP contribution in [0.2, 0.25) is 0 Å². The Morgan fingerprint density at radius 1 is 1.28 bits per heavy atom. The molecule has 1 aliphatic heterocycles. The van der Waals surface area contributed by atoms with Crippen LogP contribution < -0.4 is 25.0 Å². The van der Waals surface area contributed by atoms with E-state index in [1.165, 1.54) is 6.07 Å². The molecule has 2 aromatic rings. The van der Waals surface area contributed by atoms with Crippen LogP contribution >= 0.6 is 0 Å². The number of pyridine rings is 1. The molecule has 1 unspecified atom stereocenters. The van der Waals surface area contributed by atoms with E-state index in [0.717, 1.165) is 31.0 Å². The lowest BCUT2D eigenvalue weighted by Gasteiger charge is -2.20. The Morgan fingerprint density at radius 3 is 2.83 bits per heavy atom. The molecule has 2 N–H and O–H groups in total. The van der Waals surface area contributed by atoms with Gasteiger partial charge in [0.2, 0.25) is 0 Å². The van der Waals surface area contributed by atoms with Gasteiger partial charge in [0, 0.05) is 31.9 Å². The number of anilines is 1. The van der Waals surface area contributed by atoms with E-state index in [-0.39, 0.29) is 11.9 Å². The lowest BCUT2D eigenvalue weighted by atomic mass is 10.2. The normalized spacial score (nSPS) is 16.6. The molecule has 1 fully saturated rings. The predicted octanol–water partition coefficient (Wildman–Crippen LogP) is 2.57. The van der Waals surface area contributed by atoms with Crippen LogP contribution in [0.1, 0.15) is 18.9 Å². The van der Waals surface area contributed by atoms with E-state index in [1.54, 1.807) is 26.5 Å². The van der Waals surface area contributed by atoms with Gasteiger partial charge in [-0.25, -0.2) is 14.4 Å². The van der Waals surface area contributed by atoms with Crippen LogP contribution in [0.3, 0.4) is 0 Å². The van der Waals surface area contributed by atoms with Gasteiger partial charge in [-0.1, -0.05) is 6.07 Å². The minimum absolute atomic E-state index is 0.166. The number of hydrogen-bond donors (Lipinski definition) is 2. The van der Waals surface area contributed by atoms with Crippen molar-refractivity contribution in [1.82, 2.24) is 15.6 Å². The van der Waals surface area contributed by atoms with E-state index in [1.807, 2.05) is 30.0 Å². The average Bonchev–Trinajstić information content (AvgIpc) is 3.20. The zero-order valence-corrected chi connectivity index (χ0v) is 17.1. The average molecular weight is 401 g/mol. The molecule has 8 heteroatoms. The first-order valence-corrected chi connectivity index (χ1v) is 9.75. The van der Waals surface area contributed by atoms with E-state index in [2.05, 4.69) is 20.6 Å². The van der Waals surface area contributed by atoms with Crippen molar-refractivity contribution < 1.29 is 13.9 Å². The van der Waals surface area contributed by atoms with Crippen molar-refractivity contribution in [3.63, 3.8) is 0 Å². The predicted molar refractivity (Wildman–Crippen MR) is 112 cm³/mol. The van der Waals surface area contributed by atoms with Crippen LogP contribution in [-0.4, -0.2) is 50.8 Å². The SMILES string of the molecule is CCNC(=NCc1ccc(OC)c(OC)c1)NC1CCN(c2ncccc2F)C1. The molecule has 3 rings (SSSR count). The molecule has 1 aliphatic rings. The molecule has 1 aromatic heterocycles. The van der Waals surface area contributed by atoms with Gasteiger partial charge < -0.3 is 25.0 Å². The van der Waals surface area contributed by atoms with Crippen LogP contribution in [0.25, 0.3) is 0 Å². The van der Waals surface area contributed by atoms with Crippen molar-refractivity contribution in [2.45, 2.75) is 25.9 Å². The minimum atomic E-state index is -0.290. The summed E-state index contributed by atoms with van der Waals surface area (Å²) >= 11 is 0. The maximum atomic E-state index is 14.0. The van der Waals surface area contributed by atoms with Crippen LogP contribution in [0.4, 0.5) is 10.2 Å². The van der Waals surface area contributed by atoms with Gasteiger partial charge in [-0.2, -0.15) is 0 Å². The van der Waals surface area contributed by atoms with Crippen molar-refractivity contribution in [3.05, 3.63) is 47.9 Å². The summed E-state index contributed by atoms with van der Waals surface area (Å²) in [5, 5.41) is 6.72. The summed E-state index contributed by atoms with van der Waals surface area (Å²) < 4.78 is 24.6. The number of halogens is 1. The maximum absolute atomic E-state index is 14.0. The standard InChI is InChI=1S/C21H28FN5O2/c1-4-23-21(25-13-15-7-8-18(28-2)19(12-15)29-3)26-16-9-11-27(14-16)20-17(22)6-5-10-24-20/h5-8,10,12,16H,4,9,11,13-14H2,1-3H3,(H2,23,25,26). The van der Waals surface area contributed by atoms with Crippen molar-refractivity contribution in [1.29, 1.82) is 0 Å². The first-order valence-electron chi connectivity index (χ1n) is 9.75. The topological polar surface area (TPSA) is 71.0 Å². The number of methoxy groups -OCH3 is 2.